The zero-order valence-electron chi connectivity index (χ0n) is 8.45. The predicted molar refractivity (Wildman–Crippen MR) is 58.3 cm³/mol. The lowest BCUT2D eigenvalue weighted by Gasteiger charge is -2.17. The standard InChI is InChI=1S/C13H17N/c1-2-5-10(6-3-1)12-9-14-13-8-4-7-11(12)13/h1-3,5-6,11-14H,4,7-9H2/t11-,12+,13-/m1/s1. The summed E-state index contributed by atoms with van der Waals surface area (Å²) in [5, 5.41) is 3.67. The van der Waals surface area contributed by atoms with Crippen molar-refractivity contribution in [1.82, 2.24) is 5.32 Å². The van der Waals surface area contributed by atoms with Gasteiger partial charge in [0.1, 0.15) is 0 Å². The van der Waals surface area contributed by atoms with Gasteiger partial charge >= 0.3 is 0 Å². The Hall–Kier alpha value is -0.820. The first kappa shape index (κ1) is 8.49. The molecule has 3 rings (SSSR count). The summed E-state index contributed by atoms with van der Waals surface area (Å²) in [7, 11) is 0. The van der Waals surface area contributed by atoms with Gasteiger partial charge in [-0.2, -0.15) is 0 Å². The quantitative estimate of drug-likeness (QED) is 0.712. The Kier molecular flexibility index (Phi) is 2.06. The molecule has 0 bridgehead atoms. The second-order valence-electron chi connectivity index (χ2n) is 4.63. The molecule has 1 aromatic rings. The molecule has 1 heterocycles. The van der Waals surface area contributed by atoms with Gasteiger partial charge in [-0.3, -0.25) is 0 Å². The van der Waals surface area contributed by atoms with Crippen molar-refractivity contribution < 1.29 is 0 Å². The maximum atomic E-state index is 3.67. The normalized spacial score (nSPS) is 35.9. The van der Waals surface area contributed by atoms with Gasteiger partial charge in [-0.1, -0.05) is 36.8 Å². The smallest absolute Gasteiger partial charge is 0.0102 e. The van der Waals surface area contributed by atoms with Crippen molar-refractivity contribution in [2.24, 2.45) is 5.92 Å². The molecule has 3 atom stereocenters. The van der Waals surface area contributed by atoms with Crippen molar-refractivity contribution in [3.8, 4) is 0 Å². The Balaban J connectivity index is 1.86. The molecule has 1 aromatic carbocycles. The zero-order valence-corrected chi connectivity index (χ0v) is 8.45. The zero-order chi connectivity index (χ0) is 9.38. The minimum absolute atomic E-state index is 0.781. The first-order chi connectivity index (χ1) is 6.95. The third-order valence-electron chi connectivity index (χ3n) is 3.91. The van der Waals surface area contributed by atoms with E-state index < -0.39 is 0 Å². The van der Waals surface area contributed by atoms with E-state index in [1.165, 1.54) is 31.4 Å². The third kappa shape index (κ3) is 1.27. The van der Waals surface area contributed by atoms with E-state index in [4.69, 9.17) is 0 Å². The van der Waals surface area contributed by atoms with Gasteiger partial charge in [0.05, 0.1) is 0 Å². The van der Waals surface area contributed by atoms with E-state index in [0.717, 1.165) is 17.9 Å². The molecule has 74 valence electrons. The van der Waals surface area contributed by atoms with Crippen LogP contribution < -0.4 is 5.32 Å². The minimum atomic E-state index is 0.781. The summed E-state index contributed by atoms with van der Waals surface area (Å²) in [6, 6.07) is 11.8. The highest BCUT2D eigenvalue weighted by Crippen LogP contribution is 2.41. The van der Waals surface area contributed by atoms with Gasteiger partial charge < -0.3 is 5.32 Å². The minimum Gasteiger partial charge on any atom is -0.313 e. The first-order valence-electron chi connectivity index (χ1n) is 5.73. The average molecular weight is 187 g/mol. The van der Waals surface area contributed by atoms with Gasteiger partial charge in [0.2, 0.25) is 0 Å². The van der Waals surface area contributed by atoms with E-state index in [1.54, 1.807) is 0 Å². The molecule has 2 fully saturated rings. The lowest BCUT2D eigenvalue weighted by Crippen LogP contribution is -2.21. The van der Waals surface area contributed by atoms with Gasteiger partial charge in [-0.15, -0.1) is 0 Å². The van der Waals surface area contributed by atoms with Gasteiger partial charge in [0.15, 0.2) is 0 Å². The van der Waals surface area contributed by atoms with Crippen LogP contribution >= 0.6 is 0 Å². The highest BCUT2D eigenvalue weighted by atomic mass is 15.0. The number of hydrogen-bond donors (Lipinski definition) is 1. The van der Waals surface area contributed by atoms with Crippen LogP contribution in [0.2, 0.25) is 0 Å². The second kappa shape index (κ2) is 3.39. The van der Waals surface area contributed by atoms with Gasteiger partial charge in [0.25, 0.3) is 0 Å². The molecule has 1 nitrogen and oxygen atoms in total. The Morgan fingerprint density at radius 1 is 1.07 bits per heavy atom. The van der Waals surface area contributed by atoms with Crippen molar-refractivity contribution in [3.05, 3.63) is 35.9 Å². The van der Waals surface area contributed by atoms with Crippen LogP contribution in [0.3, 0.4) is 0 Å². The van der Waals surface area contributed by atoms with Crippen LogP contribution in [0.15, 0.2) is 30.3 Å². The number of hydrogen-bond acceptors (Lipinski definition) is 1. The van der Waals surface area contributed by atoms with Crippen molar-refractivity contribution in [3.63, 3.8) is 0 Å². The van der Waals surface area contributed by atoms with Crippen LogP contribution in [-0.2, 0) is 0 Å². The van der Waals surface area contributed by atoms with Crippen molar-refractivity contribution in [1.29, 1.82) is 0 Å². The maximum Gasteiger partial charge on any atom is 0.0102 e. The molecule has 1 aliphatic carbocycles. The van der Waals surface area contributed by atoms with E-state index in [0.29, 0.717) is 0 Å². The van der Waals surface area contributed by atoms with Crippen molar-refractivity contribution >= 4 is 0 Å². The molecule has 1 saturated heterocycles. The van der Waals surface area contributed by atoms with Gasteiger partial charge in [0, 0.05) is 18.5 Å². The molecular formula is C13H17N. The van der Waals surface area contributed by atoms with E-state index in [1.807, 2.05) is 0 Å². The summed E-state index contributed by atoms with van der Waals surface area (Å²) in [6.45, 7) is 1.19. The van der Waals surface area contributed by atoms with E-state index in [2.05, 4.69) is 35.6 Å². The van der Waals surface area contributed by atoms with Crippen LogP contribution in [0.4, 0.5) is 0 Å². The molecule has 2 aliphatic rings. The number of nitrogens with one attached hydrogen (secondary N) is 1. The largest absolute Gasteiger partial charge is 0.313 e. The summed E-state index contributed by atoms with van der Waals surface area (Å²) in [6.07, 6.45) is 4.25. The van der Waals surface area contributed by atoms with E-state index in [9.17, 15) is 0 Å². The monoisotopic (exact) mass is 187 g/mol. The molecule has 1 aliphatic heterocycles. The van der Waals surface area contributed by atoms with Crippen molar-refractivity contribution in [2.45, 2.75) is 31.2 Å². The highest BCUT2D eigenvalue weighted by molar-refractivity contribution is 5.23. The fourth-order valence-electron chi connectivity index (χ4n) is 3.22. The van der Waals surface area contributed by atoms with Crippen LogP contribution in [0.1, 0.15) is 30.7 Å². The molecule has 0 aromatic heterocycles. The summed E-state index contributed by atoms with van der Waals surface area (Å²) in [4.78, 5) is 0. The molecular weight excluding hydrogens is 170 g/mol. The fraction of sp³-hybridized carbons (Fsp3) is 0.538. The van der Waals surface area contributed by atoms with Crippen LogP contribution in [-0.4, -0.2) is 12.6 Å². The molecule has 0 radical (unpaired) electrons. The molecule has 0 spiro atoms. The number of fused-ring (bicyclic) bond motifs is 1. The number of rotatable bonds is 1. The summed E-state index contributed by atoms with van der Waals surface area (Å²) >= 11 is 0. The third-order valence-corrected chi connectivity index (χ3v) is 3.91. The topological polar surface area (TPSA) is 12.0 Å². The fourth-order valence-corrected chi connectivity index (χ4v) is 3.22. The molecule has 14 heavy (non-hydrogen) atoms. The van der Waals surface area contributed by atoms with Crippen molar-refractivity contribution in [2.75, 3.05) is 6.54 Å². The van der Waals surface area contributed by atoms with Crippen LogP contribution in [0, 0.1) is 5.92 Å². The lowest BCUT2D eigenvalue weighted by molar-refractivity contribution is 0.479. The number of benzene rings is 1. The van der Waals surface area contributed by atoms with Crippen LogP contribution in [0.5, 0.6) is 0 Å². The molecule has 1 saturated carbocycles. The van der Waals surface area contributed by atoms with E-state index >= 15 is 0 Å². The highest BCUT2D eigenvalue weighted by Gasteiger charge is 2.39. The summed E-state index contributed by atoms with van der Waals surface area (Å²) in [5.74, 6) is 1.70. The molecule has 0 amide bonds. The predicted octanol–water partition coefficient (Wildman–Crippen LogP) is 2.54. The second-order valence-corrected chi connectivity index (χ2v) is 4.63. The molecule has 1 N–H and O–H groups in total. The average Bonchev–Trinajstić information content (AvgIpc) is 2.79. The maximum absolute atomic E-state index is 3.67. The lowest BCUT2D eigenvalue weighted by atomic mass is 9.87. The summed E-state index contributed by atoms with van der Waals surface area (Å²) in [5.41, 5.74) is 1.54. The Morgan fingerprint density at radius 2 is 1.93 bits per heavy atom. The SMILES string of the molecule is c1ccc([C@@H]2CN[C@@H]3CCC[C@@H]32)cc1. The first-order valence-corrected chi connectivity index (χ1v) is 5.73. The van der Waals surface area contributed by atoms with Crippen LogP contribution in [0.25, 0.3) is 0 Å². The molecule has 1 heteroatoms. The van der Waals surface area contributed by atoms with E-state index in [-0.39, 0.29) is 0 Å². The summed E-state index contributed by atoms with van der Waals surface area (Å²) < 4.78 is 0. The Morgan fingerprint density at radius 3 is 2.79 bits per heavy atom. The molecule has 0 unspecified atom stereocenters. The van der Waals surface area contributed by atoms with Gasteiger partial charge in [-0.25, -0.2) is 0 Å². The van der Waals surface area contributed by atoms with Gasteiger partial charge in [-0.05, 0) is 24.3 Å². The Bertz CT molecular complexity index is 306. The Labute approximate surface area is 85.5 Å².